The zero-order chi connectivity index (χ0) is 19.6. The number of nitrogens with one attached hydrogen (secondary N) is 1. The van der Waals surface area contributed by atoms with Gasteiger partial charge in [0.2, 0.25) is 10.0 Å². The Hall–Kier alpha value is -3.23. The summed E-state index contributed by atoms with van der Waals surface area (Å²) in [6, 6.07) is 16.6. The highest BCUT2D eigenvalue weighted by atomic mass is 32.2. The lowest BCUT2D eigenvalue weighted by Crippen LogP contribution is -2.24. The lowest BCUT2D eigenvalue weighted by molar-refractivity contribution is 0.560. The van der Waals surface area contributed by atoms with Crippen molar-refractivity contribution in [1.29, 1.82) is 0 Å². The molecule has 8 heteroatoms. The highest BCUT2D eigenvalue weighted by Crippen LogP contribution is 2.18. The molecule has 0 amide bonds. The van der Waals surface area contributed by atoms with Gasteiger partial charge in [0.15, 0.2) is 0 Å². The molecule has 142 valence electrons. The molecule has 0 fully saturated rings. The predicted octanol–water partition coefficient (Wildman–Crippen LogP) is 2.52. The number of nitrogens with zero attached hydrogens (tertiary/aromatic N) is 2. The van der Waals surface area contributed by atoms with Gasteiger partial charge in [-0.3, -0.25) is 4.68 Å². The normalized spacial score (nSPS) is 11.7. The van der Waals surface area contributed by atoms with Gasteiger partial charge in [-0.05, 0) is 41.5 Å². The number of sulfonamides is 1. The fourth-order valence-corrected chi connectivity index (χ4v) is 3.97. The minimum absolute atomic E-state index is 0.110. The molecule has 2 aromatic carbocycles. The molecule has 0 unspecified atom stereocenters. The zero-order valence-corrected chi connectivity index (χ0v) is 15.6. The van der Waals surface area contributed by atoms with Gasteiger partial charge in [-0.1, -0.05) is 24.3 Å². The number of rotatable bonds is 6. The molecule has 0 bridgehead atoms. The molecule has 4 rings (SSSR count). The highest BCUT2D eigenvalue weighted by molar-refractivity contribution is 7.89. The maximum Gasteiger partial charge on any atom is 0.336 e. The quantitative estimate of drug-likeness (QED) is 0.506. The first kappa shape index (κ1) is 18.1. The van der Waals surface area contributed by atoms with Crippen LogP contribution in [0.15, 0.2) is 87.2 Å². The van der Waals surface area contributed by atoms with E-state index in [0.717, 1.165) is 11.1 Å². The second-order valence-corrected chi connectivity index (χ2v) is 8.02. The van der Waals surface area contributed by atoms with Gasteiger partial charge in [-0.15, -0.1) is 0 Å². The van der Waals surface area contributed by atoms with Crippen LogP contribution in [0, 0.1) is 0 Å². The monoisotopic (exact) mass is 395 g/mol. The molecular formula is C20H17N3O4S. The molecule has 2 heterocycles. The summed E-state index contributed by atoms with van der Waals surface area (Å²) in [4.78, 5) is 11.4. The maximum absolute atomic E-state index is 12.7. The van der Waals surface area contributed by atoms with E-state index in [4.69, 9.17) is 4.42 Å². The van der Waals surface area contributed by atoms with Gasteiger partial charge >= 0.3 is 5.63 Å². The molecule has 7 nitrogen and oxygen atoms in total. The van der Waals surface area contributed by atoms with Gasteiger partial charge in [0.05, 0.1) is 11.4 Å². The second kappa shape index (κ2) is 7.41. The number of benzene rings is 2. The zero-order valence-electron chi connectivity index (χ0n) is 14.8. The molecule has 0 saturated heterocycles. The van der Waals surface area contributed by atoms with Crippen molar-refractivity contribution in [3.8, 4) is 0 Å². The average molecular weight is 395 g/mol. The Labute approximate surface area is 161 Å². The Balaban J connectivity index is 1.56. The van der Waals surface area contributed by atoms with Crippen molar-refractivity contribution in [2.24, 2.45) is 0 Å². The fourth-order valence-electron chi connectivity index (χ4n) is 2.93. The van der Waals surface area contributed by atoms with E-state index in [1.54, 1.807) is 16.9 Å². The van der Waals surface area contributed by atoms with Crippen LogP contribution < -0.4 is 10.3 Å². The summed E-state index contributed by atoms with van der Waals surface area (Å²) in [6.45, 7) is 0.710. The van der Waals surface area contributed by atoms with E-state index in [2.05, 4.69) is 9.82 Å². The lowest BCUT2D eigenvalue weighted by atomic mass is 10.1. The van der Waals surface area contributed by atoms with Crippen molar-refractivity contribution in [2.75, 3.05) is 0 Å². The van der Waals surface area contributed by atoms with E-state index in [1.807, 2.05) is 36.5 Å². The van der Waals surface area contributed by atoms with Crippen molar-refractivity contribution in [2.45, 2.75) is 18.0 Å². The van der Waals surface area contributed by atoms with Crippen LogP contribution in [0.1, 0.15) is 11.1 Å². The second-order valence-electron chi connectivity index (χ2n) is 6.25. The van der Waals surface area contributed by atoms with Crippen molar-refractivity contribution >= 4 is 21.0 Å². The van der Waals surface area contributed by atoms with Gasteiger partial charge in [-0.25, -0.2) is 17.9 Å². The van der Waals surface area contributed by atoms with Crippen molar-refractivity contribution in [1.82, 2.24) is 14.5 Å². The van der Waals surface area contributed by atoms with Crippen molar-refractivity contribution < 1.29 is 12.8 Å². The minimum Gasteiger partial charge on any atom is -0.423 e. The number of hydrogen-bond donors (Lipinski definition) is 1. The molecule has 0 aliphatic carbocycles. The summed E-state index contributed by atoms with van der Waals surface area (Å²) in [7, 11) is -3.73. The van der Waals surface area contributed by atoms with E-state index in [0.29, 0.717) is 17.5 Å². The van der Waals surface area contributed by atoms with E-state index in [9.17, 15) is 13.2 Å². The molecule has 0 aliphatic heterocycles. The van der Waals surface area contributed by atoms with Crippen LogP contribution in [0.2, 0.25) is 0 Å². The molecule has 2 aromatic heterocycles. The third kappa shape index (κ3) is 3.88. The summed E-state index contributed by atoms with van der Waals surface area (Å²) in [5.74, 6) is 0. The Bertz CT molecular complexity index is 1280. The third-order valence-electron chi connectivity index (χ3n) is 4.36. The lowest BCUT2D eigenvalue weighted by Gasteiger charge is -2.12. The molecular weight excluding hydrogens is 378 g/mol. The Kier molecular flexibility index (Phi) is 4.81. The SMILES string of the molecule is O=c1ccc2cc(S(=O)(=O)NCc3ccccc3Cn3cccn3)ccc2o1. The van der Waals surface area contributed by atoms with E-state index >= 15 is 0 Å². The first-order valence-electron chi connectivity index (χ1n) is 8.59. The van der Waals surface area contributed by atoms with E-state index in [-0.39, 0.29) is 11.4 Å². The van der Waals surface area contributed by atoms with E-state index in [1.165, 1.54) is 24.3 Å². The Morgan fingerprint density at radius 2 is 1.82 bits per heavy atom. The van der Waals surface area contributed by atoms with Crippen LogP contribution in [-0.2, 0) is 23.1 Å². The standard InChI is InChI=1S/C20H17N3O4S/c24-20-9-6-15-12-18(7-8-19(15)27-20)28(25,26)22-13-16-4-1-2-5-17(16)14-23-11-3-10-21-23/h1-12,22H,13-14H2. The van der Waals surface area contributed by atoms with Gasteiger partial charge in [0, 0.05) is 30.4 Å². The molecule has 0 aliphatic rings. The summed E-state index contributed by atoms with van der Waals surface area (Å²) >= 11 is 0. The van der Waals surface area contributed by atoms with Gasteiger partial charge in [0.1, 0.15) is 5.58 Å². The summed E-state index contributed by atoms with van der Waals surface area (Å²) in [5, 5.41) is 4.73. The predicted molar refractivity (Wildman–Crippen MR) is 104 cm³/mol. The molecule has 1 N–H and O–H groups in total. The van der Waals surface area contributed by atoms with Crippen molar-refractivity contribution in [3.05, 3.63) is 94.6 Å². The van der Waals surface area contributed by atoms with Crippen LogP contribution >= 0.6 is 0 Å². The summed E-state index contributed by atoms with van der Waals surface area (Å²) in [5.41, 5.74) is 1.72. The molecule has 4 aromatic rings. The minimum atomic E-state index is -3.73. The first-order chi connectivity index (χ1) is 13.5. The fraction of sp³-hybridized carbons (Fsp3) is 0.100. The van der Waals surface area contributed by atoms with Crippen LogP contribution in [0.25, 0.3) is 11.0 Å². The molecule has 0 spiro atoms. The molecule has 28 heavy (non-hydrogen) atoms. The Morgan fingerprint density at radius 3 is 2.61 bits per heavy atom. The van der Waals surface area contributed by atoms with Crippen LogP contribution in [-0.4, -0.2) is 18.2 Å². The first-order valence-corrected chi connectivity index (χ1v) is 10.1. The maximum atomic E-state index is 12.7. The number of hydrogen-bond acceptors (Lipinski definition) is 5. The summed E-state index contributed by atoms with van der Waals surface area (Å²) < 4.78 is 34.9. The molecule has 0 atom stereocenters. The Morgan fingerprint density at radius 1 is 1.00 bits per heavy atom. The smallest absolute Gasteiger partial charge is 0.336 e. The summed E-state index contributed by atoms with van der Waals surface area (Å²) in [6.07, 6.45) is 3.56. The third-order valence-corrected chi connectivity index (χ3v) is 5.76. The topological polar surface area (TPSA) is 94.2 Å². The van der Waals surface area contributed by atoms with Crippen LogP contribution in [0.3, 0.4) is 0 Å². The molecule has 0 radical (unpaired) electrons. The van der Waals surface area contributed by atoms with E-state index < -0.39 is 15.6 Å². The average Bonchev–Trinajstić information content (AvgIpc) is 3.20. The van der Waals surface area contributed by atoms with Crippen molar-refractivity contribution in [3.63, 3.8) is 0 Å². The van der Waals surface area contributed by atoms with Gasteiger partial charge < -0.3 is 4.42 Å². The molecule has 0 saturated carbocycles. The number of fused-ring (bicyclic) bond motifs is 1. The van der Waals surface area contributed by atoms with Gasteiger partial charge in [-0.2, -0.15) is 5.10 Å². The number of aromatic nitrogens is 2. The van der Waals surface area contributed by atoms with Crippen LogP contribution in [0.5, 0.6) is 0 Å². The highest BCUT2D eigenvalue weighted by Gasteiger charge is 2.16. The van der Waals surface area contributed by atoms with Gasteiger partial charge in [0.25, 0.3) is 0 Å². The largest absolute Gasteiger partial charge is 0.423 e. The van der Waals surface area contributed by atoms with Crippen LogP contribution in [0.4, 0.5) is 0 Å².